The first-order valence-electron chi connectivity index (χ1n) is 2.74. The summed E-state index contributed by atoms with van der Waals surface area (Å²) in [5, 5.41) is 3.68. The molecule has 1 heterocycles. The van der Waals surface area contributed by atoms with E-state index < -0.39 is 0 Å². The molecule has 0 spiro atoms. The predicted molar refractivity (Wildman–Crippen MR) is 31.7 cm³/mol. The van der Waals surface area contributed by atoms with E-state index in [0.29, 0.717) is 5.38 Å². The van der Waals surface area contributed by atoms with Gasteiger partial charge in [0.15, 0.2) is 0 Å². The third-order valence-electron chi connectivity index (χ3n) is 1.27. The Bertz CT molecular complexity index is 50.0. The number of rotatable bonds is 0. The monoisotopic (exact) mass is 119 g/mol. The van der Waals surface area contributed by atoms with Gasteiger partial charge in [0.05, 0.1) is 0 Å². The summed E-state index contributed by atoms with van der Waals surface area (Å²) in [5.41, 5.74) is 0. The lowest BCUT2D eigenvalue weighted by atomic mass is 10.2. The highest BCUT2D eigenvalue weighted by Gasteiger charge is 2.07. The zero-order valence-corrected chi connectivity index (χ0v) is 5.04. The van der Waals surface area contributed by atoms with Crippen molar-refractivity contribution in [2.75, 3.05) is 13.1 Å². The van der Waals surface area contributed by atoms with E-state index in [2.05, 4.69) is 5.32 Å². The van der Waals surface area contributed by atoms with Crippen molar-refractivity contribution in [2.24, 2.45) is 0 Å². The van der Waals surface area contributed by atoms with Crippen molar-refractivity contribution >= 4 is 11.6 Å². The van der Waals surface area contributed by atoms with Crippen LogP contribution in [-0.2, 0) is 0 Å². The topological polar surface area (TPSA) is 12.0 Å². The maximum Gasteiger partial charge on any atom is 0.0360 e. The molecule has 0 aromatic carbocycles. The second-order valence-electron chi connectivity index (χ2n) is 1.92. The lowest BCUT2D eigenvalue weighted by Gasteiger charge is -2.15. The van der Waals surface area contributed by atoms with Crippen molar-refractivity contribution in [3.05, 3.63) is 0 Å². The Morgan fingerprint density at radius 3 is 2.14 bits per heavy atom. The summed E-state index contributed by atoms with van der Waals surface area (Å²) in [6.07, 6.45) is 2.28. The van der Waals surface area contributed by atoms with Gasteiger partial charge in [0.25, 0.3) is 0 Å². The molecule has 1 saturated heterocycles. The van der Waals surface area contributed by atoms with E-state index >= 15 is 0 Å². The summed E-state index contributed by atoms with van der Waals surface area (Å²) in [7, 11) is 0. The van der Waals surface area contributed by atoms with Gasteiger partial charge >= 0.3 is 0 Å². The standard InChI is InChI=1S/C5H10ClN/c6-5-1-3-7-4-2-5/h5,7H,1-4H2. The molecule has 0 atom stereocenters. The number of halogens is 1. The largest absolute Gasteiger partial charge is 0.317 e. The maximum atomic E-state index is 5.78. The molecule has 0 aromatic heterocycles. The van der Waals surface area contributed by atoms with Crippen LogP contribution in [0, 0.1) is 0 Å². The smallest absolute Gasteiger partial charge is 0.0360 e. The van der Waals surface area contributed by atoms with Crippen LogP contribution in [0.15, 0.2) is 0 Å². The van der Waals surface area contributed by atoms with Gasteiger partial charge in [0.1, 0.15) is 0 Å². The number of nitrogens with one attached hydrogen (secondary N) is 1. The van der Waals surface area contributed by atoms with Gasteiger partial charge in [-0.05, 0) is 25.9 Å². The van der Waals surface area contributed by atoms with Crippen molar-refractivity contribution in [3.8, 4) is 0 Å². The number of alkyl halides is 1. The molecular weight excluding hydrogens is 110 g/mol. The quantitative estimate of drug-likeness (QED) is 0.469. The highest BCUT2D eigenvalue weighted by atomic mass is 35.5. The minimum Gasteiger partial charge on any atom is -0.317 e. The summed E-state index contributed by atoms with van der Waals surface area (Å²) < 4.78 is 0. The Hall–Kier alpha value is 0.250. The van der Waals surface area contributed by atoms with Gasteiger partial charge < -0.3 is 5.32 Å². The van der Waals surface area contributed by atoms with Gasteiger partial charge in [0, 0.05) is 5.38 Å². The number of hydrogen-bond donors (Lipinski definition) is 1. The van der Waals surface area contributed by atoms with Gasteiger partial charge in [0.2, 0.25) is 0 Å². The zero-order chi connectivity index (χ0) is 5.11. The summed E-state index contributed by atoms with van der Waals surface area (Å²) in [6, 6.07) is 0. The van der Waals surface area contributed by atoms with E-state index in [0.717, 1.165) is 25.9 Å². The predicted octanol–water partition coefficient (Wildman–Crippen LogP) is 0.977. The lowest BCUT2D eigenvalue weighted by molar-refractivity contribution is 0.526. The van der Waals surface area contributed by atoms with Gasteiger partial charge in [-0.25, -0.2) is 0 Å². The van der Waals surface area contributed by atoms with E-state index in [9.17, 15) is 0 Å². The molecule has 1 nitrogen and oxygen atoms in total. The Labute approximate surface area is 49.0 Å². The first-order chi connectivity index (χ1) is 3.39. The van der Waals surface area contributed by atoms with Crippen LogP contribution in [0.1, 0.15) is 12.8 Å². The van der Waals surface area contributed by atoms with E-state index in [1.54, 1.807) is 0 Å². The summed E-state index contributed by atoms with van der Waals surface area (Å²) in [6.45, 7) is 2.21. The molecule has 0 saturated carbocycles. The molecule has 0 amide bonds. The average molecular weight is 120 g/mol. The second-order valence-corrected chi connectivity index (χ2v) is 2.54. The Balaban J connectivity index is 2.12. The molecule has 1 fully saturated rings. The van der Waals surface area contributed by atoms with E-state index in [1.165, 1.54) is 0 Å². The van der Waals surface area contributed by atoms with Crippen LogP contribution in [0.2, 0.25) is 0 Å². The highest BCUT2D eigenvalue weighted by molar-refractivity contribution is 6.20. The van der Waals surface area contributed by atoms with Crippen molar-refractivity contribution in [2.45, 2.75) is 18.2 Å². The molecule has 1 aliphatic heterocycles. The van der Waals surface area contributed by atoms with Crippen LogP contribution in [0.25, 0.3) is 0 Å². The van der Waals surface area contributed by atoms with Crippen molar-refractivity contribution in [1.29, 1.82) is 0 Å². The third-order valence-corrected chi connectivity index (χ3v) is 1.71. The minimum atomic E-state index is 0.446. The van der Waals surface area contributed by atoms with Crippen molar-refractivity contribution in [1.82, 2.24) is 5.32 Å². The molecule has 42 valence electrons. The van der Waals surface area contributed by atoms with Gasteiger partial charge in [-0.1, -0.05) is 0 Å². The fourth-order valence-corrected chi connectivity index (χ4v) is 1.00. The van der Waals surface area contributed by atoms with E-state index in [-0.39, 0.29) is 0 Å². The van der Waals surface area contributed by atoms with Crippen molar-refractivity contribution < 1.29 is 0 Å². The lowest BCUT2D eigenvalue weighted by Crippen LogP contribution is -2.27. The van der Waals surface area contributed by atoms with Crippen LogP contribution < -0.4 is 5.32 Å². The van der Waals surface area contributed by atoms with E-state index in [1.807, 2.05) is 0 Å². The van der Waals surface area contributed by atoms with Crippen molar-refractivity contribution in [3.63, 3.8) is 0 Å². The fourth-order valence-electron chi connectivity index (χ4n) is 0.787. The Morgan fingerprint density at radius 1 is 1.29 bits per heavy atom. The van der Waals surface area contributed by atoms with Gasteiger partial charge in [-0.15, -0.1) is 11.6 Å². The molecular formula is C5H10ClN. The molecule has 1 N–H and O–H groups in total. The molecule has 0 unspecified atom stereocenters. The number of piperidine rings is 1. The molecule has 0 aliphatic carbocycles. The summed E-state index contributed by atoms with van der Waals surface area (Å²) in [4.78, 5) is 0. The third kappa shape index (κ3) is 1.66. The van der Waals surface area contributed by atoms with Crippen LogP contribution in [0.5, 0.6) is 0 Å². The molecule has 0 radical (unpaired) electrons. The summed E-state index contributed by atoms with van der Waals surface area (Å²) >= 11 is 5.78. The van der Waals surface area contributed by atoms with Crippen LogP contribution in [-0.4, -0.2) is 18.5 Å². The SMILES string of the molecule is ClC1CCNCC1. The van der Waals surface area contributed by atoms with Crippen LogP contribution >= 0.6 is 11.6 Å². The molecule has 7 heavy (non-hydrogen) atoms. The molecule has 0 aromatic rings. The fraction of sp³-hybridized carbons (Fsp3) is 1.00. The number of hydrogen-bond acceptors (Lipinski definition) is 1. The van der Waals surface area contributed by atoms with Crippen LogP contribution in [0.4, 0.5) is 0 Å². The highest BCUT2D eigenvalue weighted by Crippen LogP contribution is 2.08. The Morgan fingerprint density at radius 2 is 1.86 bits per heavy atom. The zero-order valence-electron chi connectivity index (χ0n) is 4.28. The van der Waals surface area contributed by atoms with Gasteiger partial charge in [-0.2, -0.15) is 0 Å². The molecule has 0 bridgehead atoms. The van der Waals surface area contributed by atoms with Gasteiger partial charge in [-0.3, -0.25) is 0 Å². The first kappa shape index (κ1) is 5.39. The molecule has 1 aliphatic rings. The van der Waals surface area contributed by atoms with Crippen LogP contribution in [0.3, 0.4) is 0 Å². The van der Waals surface area contributed by atoms with E-state index in [4.69, 9.17) is 11.6 Å². The molecule has 2 heteroatoms. The maximum absolute atomic E-state index is 5.78. The normalized spacial score (nSPS) is 25.3. The first-order valence-corrected chi connectivity index (χ1v) is 3.18. The molecule has 1 rings (SSSR count). The Kier molecular flexibility index (Phi) is 1.95. The minimum absolute atomic E-state index is 0.446. The summed E-state index contributed by atoms with van der Waals surface area (Å²) in [5.74, 6) is 0. The average Bonchev–Trinajstić information content (AvgIpc) is 1.69. The second kappa shape index (κ2) is 2.53.